The van der Waals surface area contributed by atoms with Gasteiger partial charge in [-0.05, 0) is 29.3 Å². The fourth-order valence-electron chi connectivity index (χ4n) is 2.12. The summed E-state index contributed by atoms with van der Waals surface area (Å²) < 4.78 is 44.9. The van der Waals surface area contributed by atoms with Crippen LogP contribution in [0.2, 0.25) is 0 Å². The van der Waals surface area contributed by atoms with Crippen molar-refractivity contribution in [2.75, 3.05) is 7.11 Å². The van der Waals surface area contributed by atoms with E-state index >= 15 is 0 Å². The summed E-state index contributed by atoms with van der Waals surface area (Å²) in [6.45, 7) is 0. The summed E-state index contributed by atoms with van der Waals surface area (Å²) in [6.07, 6.45) is -4.75. The number of nitrogens with two attached hydrogens (primary N) is 1. The lowest BCUT2D eigenvalue weighted by Gasteiger charge is -2.16. The number of methoxy groups -OCH3 is 1. The van der Waals surface area contributed by atoms with Crippen molar-refractivity contribution in [2.24, 2.45) is 5.73 Å². The maximum Gasteiger partial charge on any atom is 0.573 e. The van der Waals surface area contributed by atoms with E-state index in [-0.39, 0.29) is 5.75 Å². The van der Waals surface area contributed by atoms with E-state index in [1.54, 1.807) is 24.3 Å². The van der Waals surface area contributed by atoms with E-state index in [4.69, 9.17) is 10.5 Å². The topological polar surface area (TPSA) is 61.5 Å². The fraction of sp³-hybridized carbons (Fsp3) is 0.188. The molecule has 0 amide bonds. The smallest absolute Gasteiger partial charge is 0.465 e. The molecule has 2 rings (SSSR count). The Morgan fingerprint density at radius 1 is 1.09 bits per heavy atom. The van der Waals surface area contributed by atoms with Crippen molar-refractivity contribution < 1.29 is 27.4 Å². The van der Waals surface area contributed by atoms with Crippen LogP contribution in [0.5, 0.6) is 5.75 Å². The molecule has 0 radical (unpaired) electrons. The van der Waals surface area contributed by atoms with Crippen LogP contribution in [0.3, 0.4) is 0 Å². The van der Waals surface area contributed by atoms with Crippen molar-refractivity contribution in [3.63, 3.8) is 0 Å². The van der Waals surface area contributed by atoms with Crippen LogP contribution in [0, 0.1) is 0 Å². The van der Waals surface area contributed by atoms with Gasteiger partial charge in [-0.15, -0.1) is 13.2 Å². The first-order valence-electron chi connectivity index (χ1n) is 6.60. The van der Waals surface area contributed by atoms with Gasteiger partial charge in [-0.3, -0.25) is 0 Å². The molecule has 2 N–H and O–H groups in total. The number of alkyl halides is 3. The van der Waals surface area contributed by atoms with Gasteiger partial charge >= 0.3 is 12.3 Å². The predicted octanol–water partition coefficient (Wildman–Crippen LogP) is 3.42. The molecule has 1 atom stereocenters. The molecule has 0 fully saturated rings. The molecule has 0 saturated carbocycles. The highest BCUT2D eigenvalue weighted by Crippen LogP contribution is 2.27. The summed E-state index contributed by atoms with van der Waals surface area (Å²) in [5, 5.41) is 0. The summed E-state index contributed by atoms with van der Waals surface area (Å²) in [6, 6.07) is 11.1. The summed E-state index contributed by atoms with van der Waals surface area (Å²) in [5.41, 5.74) is 7.48. The van der Waals surface area contributed by atoms with E-state index in [2.05, 4.69) is 4.74 Å². The van der Waals surface area contributed by atoms with Crippen molar-refractivity contribution in [1.29, 1.82) is 0 Å². The van der Waals surface area contributed by atoms with Crippen LogP contribution in [0.25, 0.3) is 0 Å². The lowest BCUT2D eigenvalue weighted by atomic mass is 9.95. The molecule has 0 aliphatic heterocycles. The molecular formula is C16H14F3NO3. The highest BCUT2D eigenvalue weighted by atomic mass is 19.4. The molecule has 122 valence electrons. The Labute approximate surface area is 130 Å². The number of benzene rings is 2. The van der Waals surface area contributed by atoms with Crippen LogP contribution in [0.4, 0.5) is 13.2 Å². The minimum Gasteiger partial charge on any atom is -0.465 e. The third kappa shape index (κ3) is 4.23. The number of carbonyl (C=O) groups is 1. The van der Waals surface area contributed by atoms with Crippen LogP contribution in [0.1, 0.15) is 27.5 Å². The molecule has 0 aliphatic carbocycles. The fourth-order valence-corrected chi connectivity index (χ4v) is 2.12. The highest BCUT2D eigenvalue weighted by molar-refractivity contribution is 5.91. The maximum absolute atomic E-state index is 12.1. The highest BCUT2D eigenvalue weighted by Gasteiger charge is 2.31. The molecular weight excluding hydrogens is 311 g/mol. The molecule has 0 heterocycles. The molecule has 4 nitrogen and oxygen atoms in total. The molecule has 23 heavy (non-hydrogen) atoms. The van der Waals surface area contributed by atoms with E-state index < -0.39 is 18.4 Å². The number of halogens is 3. The van der Waals surface area contributed by atoms with Gasteiger partial charge in [-0.1, -0.05) is 30.3 Å². The zero-order valence-electron chi connectivity index (χ0n) is 12.1. The summed E-state index contributed by atoms with van der Waals surface area (Å²) >= 11 is 0. The van der Waals surface area contributed by atoms with Gasteiger partial charge in [0.25, 0.3) is 0 Å². The first-order chi connectivity index (χ1) is 10.8. The van der Waals surface area contributed by atoms with Gasteiger partial charge < -0.3 is 15.2 Å². The molecule has 0 saturated heterocycles. The number of carbonyl (C=O) groups excluding carboxylic acids is 1. The predicted molar refractivity (Wildman–Crippen MR) is 76.9 cm³/mol. The lowest BCUT2D eigenvalue weighted by Crippen LogP contribution is -2.18. The Balaban J connectivity index is 2.28. The van der Waals surface area contributed by atoms with E-state index in [1.165, 1.54) is 31.4 Å². The van der Waals surface area contributed by atoms with Gasteiger partial charge in [0, 0.05) is 0 Å². The second-order valence-corrected chi connectivity index (χ2v) is 4.67. The van der Waals surface area contributed by atoms with Crippen LogP contribution in [-0.4, -0.2) is 19.4 Å². The molecule has 2 aromatic rings. The Hall–Kier alpha value is -2.54. The molecule has 2 aromatic carbocycles. The number of hydrogen-bond acceptors (Lipinski definition) is 4. The Morgan fingerprint density at radius 2 is 1.70 bits per heavy atom. The first-order valence-corrected chi connectivity index (χ1v) is 6.60. The van der Waals surface area contributed by atoms with Crippen molar-refractivity contribution in [1.82, 2.24) is 0 Å². The third-order valence-corrected chi connectivity index (χ3v) is 3.17. The number of rotatable bonds is 4. The normalized spacial score (nSPS) is 12.6. The van der Waals surface area contributed by atoms with Crippen LogP contribution in [-0.2, 0) is 4.74 Å². The van der Waals surface area contributed by atoms with E-state index in [0.717, 1.165) is 0 Å². The Kier molecular flexibility index (Phi) is 4.90. The molecule has 0 spiro atoms. The minimum atomic E-state index is -4.75. The van der Waals surface area contributed by atoms with E-state index in [1.807, 2.05) is 0 Å². The zero-order valence-corrected chi connectivity index (χ0v) is 12.1. The Morgan fingerprint density at radius 3 is 2.26 bits per heavy atom. The summed E-state index contributed by atoms with van der Waals surface area (Å²) in [5.74, 6) is -0.872. The number of esters is 1. The average molecular weight is 325 g/mol. The second-order valence-electron chi connectivity index (χ2n) is 4.67. The van der Waals surface area contributed by atoms with Crippen LogP contribution < -0.4 is 10.5 Å². The average Bonchev–Trinajstić information content (AvgIpc) is 2.52. The molecule has 0 unspecified atom stereocenters. The Bertz CT molecular complexity index is 684. The standard InChI is InChI=1S/C16H14F3NO3/c1-22-15(21)13-5-3-2-4-12(13)14(20)10-6-8-11(9-7-10)23-16(17,18)19/h2-9,14H,20H2,1H3/t14-/m0/s1. The first kappa shape index (κ1) is 16.8. The van der Waals surface area contributed by atoms with Crippen LogP contribution in [0.15, 0.2) is 48.5 Å². The summed E-state index contributed by atoms with van der Waals surface area (Å²) in [7, 11) is 1.26. The zero-order chi connectivity index (χ0) is 17.0. The van der Waals surface area contributed by atoms with Crippen molar-refractivity contribution >= 4 is 5.97 Å². The van der Waals surface area contributed by atoms with E-state index in [0.29, 0.717) is 16.7 Å². The second kappa shape index (κ2) is 6.70. The van der Waals surface area contributed by atoms with Gasteiger partial charge in [-0.2, -0.15) is 0 Å². The summed E-state index contributed by atoms with van der Waals surface area (Å²) in [4.78, 5) is 11.8. The molecule has 0 aromatic heterocycles. The third-order valence-electron chi connectivity index (χ3n) is 3.17. The van der Waals surface area contributed by atoms with Gasteiger partial charge in [-0.25, -0.2) is 4.79 Å². The lowest BCUT2D eigenvalue weighted by molar-refractivity contribution is -0.274. The number of hydrogen-bond donors (Lipinski definition) is 1. The van der Waals surface area contributed by atoms with Crippen molar-refractivity contribution in [3.8, 4) is 5.75 Å². The molecule has 0 bridgehead atoms. The van der Waals surface area contributed by atoms with Gasteiger partial charge in [0.15, 0.2) is 0 Å². The number of ether oxygens (including phenoxy) is 2. The quantitative estimate of drug-likeness (QED) is 0.875. The van der Waals surface area contributed by atoms with Gasteiger partial charge in [0.1, 0.15) is 5.75 Å². The SMILES string of the molecule is COC(=O)c1ccccc1[C@@H](N)c1ccc(OC(F)(F)F)cc1. The van der Waals surface area contributed by atoms with Gasteiger partial charge in [0.05, 0.1) is 18.7 Å². The maximum atomic E-state index is 12.1. The van der Waals surface area contributed by atoms with Crippen molar-refractivity contribution in [3.05, 3.63) is 65.2 Å². The monoisotopic (exact) mass is 325 g/mol. The van der Waals surface area contributed by atoms with Crippen LogP contribution >= 0.6 is 0 Å². The molecule has 0 aliphatic rings. The minimum absolute atomic E-state index is 0.304. The molecule has 7 heteroatoms. The van der Waals surface area contributed by atoms with E-state index in [9.17, 15) is 18.0 Å². The van der Waals surface area contributed by atoms with Crippen molar-refractivity contribution in [2.45, 2.75) is 12.4 Å². The largest absolute Gasteiger partial charge is 0.573 e. The van der Waals surface area contributed by atoms with Gasteiger partial charge in [0.2, 0.25) is 0 Å².